The average molecular weight is 384 g/mol. The van der Waals surface area contributed by atoms with Crippen LogP contribution >= 0.6 is 0 Å². The third-order valence-corrected chi connectivity index (χ3v) is 4.64. The van der Waals surface area contributed by atoms with Gasteiger partial charge in [0.2, 0.25) is 10.0 Å². The molecular formula is C15H16N2O6S2. The van der Waals surface area contributed by atoms with E-state index in [1.807, 2.05) is 0 Å². The van der Waals surface area contributed by atoms with E-state index in [1.165, 1.54) is 24.3 Å². The molecule has 2 aromatic rings. The van der Waals surface area contributed by atoms with Gasteiger partial charge in [-0.25, -0.2) is 17.9 Å². The van der Waals surface area contributed by atoms with Crippen molar-refractivity contribution in [3.8, 4) is 11.1 Å². The molecule has 0 aliphatic heterocycles. The quantitative estimate of drug-likeness (QED) is 0.691. The number of hydrogen-bond acceptors (Lipinski definition) is 5. The zero-order valence-electron chi connectivity index (χ0n) is 13.3. The second-order valence-corrected chi connectivity index (χ2v) is 8.53. The molecule has 0 aliphatic carbocycles. The van der Waals surface area contributed by atoms with Crippen LogP contribution < -0.4 is 10.0 Å². The molecule has 2 rings (SSSR count). The zero-order chi connectivity index (χ0) is 18.8. The summed E-state index contributed by atoms with van der Waals surface area (Å²) in [5.74, 6) is 0. The summed E-state index contributed by atoms with van der Waals surface area (Å²) < 4.78 is 55.4. The van der Waals surface area contributed by atoms with E-state index in [4.69, 9.17) is 4.55 Å². The first kappa shape index (κ1) is 18.9. The van der Waals surface area contributed by atoms with Gasteiger partial charge in [0.05, 0.1) is 11.2 Å². The summed E-state index contributed by atoms with van der Waals surface area (Å²) in [7, 11) is -7.98. The summed E-state index contributed by atoms with van der Waals surface area (Å²) in [4.78, 5) is 11.3. The van der Waals surface area contributed by atoms with Crippen LogP contribution in [0.1, 0.15) is 5.56 Å². The molecule has 0 unspecified atom stereocenters. The molecule has 0 atom stereocenters. The molecule has 0 saturated carbocycles. The lowest BCUT2D eigenvalue weighted by molar-refractivity contribution is 0.256. The van der Waals surface area contributed by atoms with Crippen molar-refractivity contribution in [3.63, 3.8) is 0 Å². The number of carbonyl (C=O) groups excluding carboxylic acids is 1. The monoisotopic (exact) mass is 384 g/mol. The van der Waals surface area contributed by atoms with Crippen LogP contribution in [0, 0.1) is 6.92 Å². The number of anilines is 1. The van der Waals surface area contributed by atoms with Crippen LogP contribution in [0.5, 0.6) is 0 Å². The standard InChI is InChI=1S/C15H16N2O6S2/c1-10-3-8-13(25(21,22)23)9-14(10)11-4-6-12(7-5-11)16-15(18)17-24(2,19)20/h3-9H,1-2H3,(H2,16,17,18)(H,21,22,23). The maximum atomic E-state index is 11.5. The minimum Gasteiger partial charge on any atom is -0.307 e. The molecule has 0 saturated heterocycles. The molecule has 0 aromatic heterocycles. The molecule has 2 amide bonds. The third kappa shape index (κ3) is 5.28. The first-order valence-electron chi connectivity index (χ1n) is 6.93. The number of nitrogens with one attached hydrogen (secondary N) is 2. The number of amides is 2. The van der Waals surface area contributed by atoms with Crippen molar-refractivity contribution in [3.05, 3.63) is 48.0 Å². The Kier molecular flexibility index (Phi) is 5.16. The highest BCUT2D eigenvalue weighted by atomic mass is 32.2. The summed E-state index contributed by atoms with van der Waals surface area (Å²) in [5, 5.41) is 2.36. The summed E-state index contributed by atoms with van der Waals surface area (Å²) in [5.41, 5.74) is 2.41. The largest absolute Gasteiger partial charge is 0.332 e. The number of carbonyl (C=O) groups is 1. The Bertz CT molecular complexity index is 1010. The summed E-state index contributed by atoms with van der Waals surface area (Å²) in [6, 6.07) is 9.68. The van der Waals surface area contributed by atoms with Crippen molar-refractivity contribution in [2.24, 2.45) is 0 Å². The Morgan fingerprint density at radius 2 is 1.60 bits per heavy atom. The maximum Gasteiger partial charge on any atom is 0.332 e. The lowest BCUT2D eigenvalue weighted by Crippen LogP contribution is -2.33. The molecule has 0 heterocycles. The maximum absolute atomic E-state index is 11.5. The highest BCUT2D eigenvalue weighted by Gasteiger charge is 2.13. The lowest BCUT2D eigenvalue weighted by Gasteiger charge is -2.10. The molecule has 0 radical (unpaired) electrons. The lowest BCUT2D eigenvalue weighted by atomic mass is 10.0. The highest BCUT2D eigenvalue weighted by molar-refractivity contribution is 7.89. The molecule has 0 spiro atoms. The van der Waals surface area contributed by atoms with Gasteiger partial charge in [-0.05, 0) is 47.9 Å². The fraction of sp³-hybridized carbons (Fsp3) is 0.133. The Morgan fingerprint density at radius 3 is 2.12 bits per heavy atom. The molecule has 0 bridgehead atoms. The predicted octanol–water partition coefficient (Wildman–Crippen LogP) is 1.99. The second kappa shape index (κ2) is 6.82. The molecule has 0 fully saturated rings. The van der Waals surface area contributed by atoms with Crippen LogP contribution in [0.2, 0.25) is 0 Å². The van der Waals surface area contributed by atoms with E-state index in [1.54, 1.807) is 29.8 Å². The van der Waals surface area contributed by atoms with Crippen molar-refractivity contribution in [2.45, 2.75) is 11.8 Å². The van der Waals surface area contributed by atoms with Gasteiger partial charge in [-0.1, -0.05) is 18.2 Å². The summed E-state index contributed by atoms with van der Waals surface area (Å²) >= 11 is 0. The Morgan fingerprint density at radius 1 is 1.00 bits per heavy atom. The number of rotatable bonds is 4. The van der Waals surface area contributed by atoms with Gasteiger partial charge in [0, 0.05) is 5.69 Å². The van der Waals surface area contributed by atoms with Gasteiger partial charge in [-0.3, -0.25) is 4.55 Å². The van der Waals surface area contributed by atoms with E-state index in [9.17, 15) is 21.6 Å². The first-order chi connectivity index (χ1) is 11.5. The molecule has 0 aliphatic rings. The van der Waals surface area contributed by atoms with Crippen molar-refractivity contribution >= 4 is 31.9 Å². The molecule has 10 heteroatoms. The van der Waals surface area contributed by atoms with E-state index in [-0.39, 0.29) is 4.90 Å². The van der Waals surface area contributed by atoms with Gasteiger partial charge >= 0.3 is 6.03 Å². The van der Waals surface area contributed by atoms with Crippen molar-refractivity contribution < 1.29 is 26.2 Å². The fourth-order valence-corrected chi connectivity index (χ4v) is 3.03. The van der Waals surface area contributed by atoms with Crippen molar-refractivity contribution in [1.29, 1.82) is 0 Å². The Balaban J connectivity index is 2.27. The highest BCUT2D eigenvalue weighted by Crippen LogP contribution is 2.27. The SMILES string of the molecule is Cc1ccc(S(=O)(=O)O)cc1-c1ccc(NC(=O)NS(C)(=O)=O)cc1. The van der Waals surface area contributed by atoms with E-state index in [2.05, 4.69) is 5.32 Å². The van der Waals surface area contributed by atoms with E-state index < -0.39 is 26.2 Å². The van der Waals surface area contributed by atoms with Crippen LogP contribution in [0.4, 0.5) is 10.5 Å². The number of benzene rings is 2. The number of urea groups is 1. The van der Waals surface area contributed by atoms with E-state index in [0.717, 1.165) is 11.8 Å². The van der Waals surface area contributed by atoms with Crippen LogP contribution in [0.3, 0.4) is 0 Å². The molecule has 2 aromatic carbocycles. The molecule has 134 valence electrons. The summed E-state index contributed by atoms with van der Waals surface area (Å²) in [6.07, 6.45) is 0.862. The first-order valence-corrected chi connectivity index (χ1v) is 10.3. The number of aryl methyl sites for hydroxylation is 1. The van der Waals surface area contributed by atoms with Crippen LogP contribution in [0.25, 0.3) is 11.1 Å². The Hall–Kier alpha value is -2.43. The minimum atomic E-state index is -4.31. The van der Waals surface area contributed by atoms with Gasteiger partial charge < -0.3 is 5.32 Å². The van der Waals surface area contributed by atoms with Gasteiger partial charge in [0.1, 0.15) is 0 Å². The zero-order valence-corrected chi connectivity index (χ0v) is 15.0. The number of sulfonamides is 1. The molecule has 25 heavy (non-hydrogen) atoms. The predicted molar refractivity (Wildman–Crippen MR) is 93.4 cm³/mol. The Labute approximate surface area is 145 Å². The second-order valence-electron chi connectivity index (χ2n) is 5.36. The van der Waals surface area contributed by atoms with Crippen LogP contribution in [0.15, 0.2) is 47.4 Å². The topological polar surface area (TPSA) is 130 Å². The van der Waals surface area contributed by atoms with Gasteiger partial charge in [0.25, 0.3) is 10.1 Å². The molecular weight excluding hydrogens is 368 g/mol. The van der Waals surface area contributed by atoms with Crippen molar-refractivity contribution in [2.75, 3.05) is 11.6 Å². The van der Waals surface area contributed by atoms with Crippen LogP contribution in [-0.4, -0.2) is 33.7 Å². The van der Waals surface area contributed by atoms with E-state index in [0.29, 0.717) is 16.8 Å². The van der Waals surface area contributed by atoms with Crippen molar-refractivity contribution in [1.82, 2.24) is 4.72 Å². The number of hydrogen-bond donors (Lipinski definition) is 3. The normalized spacial score (nSPS) is 11.8. The smallest absolute Gasteiger partial charge is 0.307 e. The minimum absolute atomic E-state index is 0.220. The summed E-state index contributed by atoms with van der Waals surface area (Å²) in [6.45, 7) is 1.79. The van der Waals surface area contributed by atoms with Gasteiger partial charge in [-0.15, -0.1) is 0 Å². The fourth-order valence-electron chi connectivity index (χ4n) is 2.13. The van der Waals surface area contributed by atoms with Crippen LogP contribution in [-0.2, 0) is 20.1 Å². The van der Waals surface area contributed by atoms with Gasteiger partial charge in [-0.2, -0.15) is 8.42 Å². The molecule has 8 nitrogen and oxygen atoms in total. The third-order valence-electron chi connectivity index (χ3n) is 3.24. The molecule has 3 N–H and O–H groups in total. The van der Waals surface area contributed by atoms with E-state index >= 15 is 0 Å². The van der Waals surface area contributed by atoms with Gasteiger partial charge in [0.15, 0.2) is 0 Å². The average Bonchev–Trinajstić information content (AvgIpc) is 2.45.